The van der Waals surface area contributed by atoms with Gasteiger partial charge in [0, 0.05) is 26.4 Å². The number of hydrogen-bond acceptors (Lipinski definition) is 4. The number of hydrazine groups is 1. The minimum Gasteiger partial charge on any atom is -0.460 e. The Labute approximate surface area is 148 Å². The monoisotopic (exact) mass is 342 g/mol. The molecule has 5 nitrogen and oxygen atoms in total. The Morgan fingerprint density at radius 2 is 1.50 bits per heavy atom. The molecule has 0 aromatic rings. The van der Waals surface area contributed by atoms with Gasteiger partial charge in [0.1, 0.15) is 5.60 Å². The van der Waals surface area contributed by atoms with Gasteiger partial charge in [-0.2, -0.15) is 0 Å². The highest BCUT2D eigenvalue weighted by atomic mass is 16.6. The van der Waals surface area contributed by atoms with E-state index in [1.54, 1.807) is 12.1 Å². The first-order valence-corrected chi connectivity index (χ1v) is 9.49. The second-order valence-corrected chi connectivity index (χ2v) is 7.33. The molecule has 0 aliphatic heterocycles. The van der Waals surface area contributed by atoms with Crippen LogP contribution in [0.25, 0.3) is 0 Å². The summed E-state index contributed by atoms with van der Waals surface area (Å²) in [4.78, 5) is 23.7. The maximum atomic E-state index is 12.1. The van der Waals surface area contributed by atoms with Gasteiger partial charge in [-0.05, 0) is 40.0 Å². The number of rotatable bonds is 13. The van der Waals surface area contributed by atoms with Crippen LogP contribution in [0.2, 0.25) is 0 Å². The van der Waals surface area contributed by atoms with Crippen molar-refractivity contribution in [2.24, 2.45) is 0 Å². The molecule has 5 heteroatoms. The molecule has 0 saturated heterocycles. The van der Waals surface area contributed by atoms with E-state index in [1.807, 2.05) is 20.8 Å². The molecule has 0 saturated carbocycles. The van der Waals surface area contributed by atoms with Gasteiger partial charge in [0.15, 0.2) is 0 Å². The van der Waals surface area contributed by atoms with Crippen molar-refractivity contribution in [3.8, 4) is 0 Å². The van der Waals surface area contributed by atoms with Crippen molar-refractivity contribution in [1.82, 2.24) is 10.4 Å². The molecule has 0 aliphatic carbocycles. The molecule has 0 atom stereocenters. The molecule has 0 fully saturated rings. The average molecular weight is 343 g/mol. The van der Waals surface area contributed by atoms with Crippen LogP contribution in [-0.4, -0.2) is 36.1 Å². The Morgan fingerprint density at radius 3 is 2.04 bits per heavy atom. The lowest BCUT2D eigenvalue weighted by Gasteiger charge is -2.21. The zero-order valence-corrected chi connectivity index (χ0v) is 16.5. The fraction of sp³-hybridized carbons (Fsp3) is 0.895. The smallest absolute Gasteiger partial charge is 0.306 e. The number of ether oxygens (including phenoxy) is 1. The third kappa shape index (κ3) is 13.3. The standard InChI is InChI=1S/C19H38N2O3/c1-6-7-13-16-21(20-5)17(22)14-11-9-8-10-12-15-18(23)24-19(2,3)4/h20H,6-16H2,1-5H3. The second-order valence-electron chi connectivity index (χ2n) is 7.33. The lowest BCUT2D eigenvalue weighted by atomic mass is 10.1. The zero-order chi connectivity index (χ0) is 18.4. The van der Waals surface area contributed by atoms with Crippen LogP contribution in [0.5, 0.6) is 0 Å². The molecular formula is C19H38N2O3. The van der Waals surface area contributed by atoms with E-state index in [0.29, 0.717) is 12.8 Å². The first-order chi connectivity index (χ1) is 11.3. The van der Waals surface area contributed by atoms with E-state index in [1.165, 1.54) is 0 Å². The van der Waals surface area contributed by atoms with E-state index in [-0.39, 0.29) is 11.9 Å². The number of nitrogens with zero attached hydrogens (tertiary/aromatic N) is 1. The van der Waals surface area contributed by atoms with Gasteiger partial charge in [-0.1, -0.05) is 39.0 Å². The molecule has 0 aromatic carbocycles. The van der Waals surface area contributed by atoms with Crippen molar-refractivity contribution in [3.05, 3.63) is 0 Å². The predicted molar refractivity (Wildman–Crippen MR) is 98.5 cm³/mol. The molecule has 24 heavy (non-hydrogen) atoms. The number of carbonyl (C=O) groups excluding carboxylic acids is 2. The SMILES string of the molecule is CCCCCN(NC)C(=O)CCCCCCCC(=O)OC(C)(C)C. The van der Waals surface area contributed by atoms with Crippen LogP contribution in [0.1, 0.15) is 91.9 Å². The number of unbranched alkanes of at least 4 members (excludes halogenated alkanes) is 6. The molecule has 0 radical (unpaired) electrons. The Balaban J connectivity index is 3.64. The van der Waals surface area contributed by atoms with Gasteiger partial charge in [0.2, 0.25) is 5.91 Å². The molecule has 0 heterocycles. The minimum absolute atomic E-state index is 0.116. The summed E-state index contributed by atoms with van der Waals surface area (Å²) >= 11 is 0. The van der Waals surface area contributed by atoms with E-state index in [9.17, 15) is 9.59 Å². The normalized spacial score (nSPS) is 11.4. The van der Waals surface area contributed by atoms with E-state index < -0.39 is 5.60 Å². The van der Waals surface area contributed by atoms with Crippen molar-refractivity contribution in [3.63, 3.8) is 0 Å². The molecule has 1 amide bonds. The largest absolute Gasteiger partial charge is 0.460 e. The van der Waals surface area contributed by atoms with Gasteiger partial charge in [-0.25, -0.2) is 5.43 Å². The Bertz CT molecular complexity index is 351. The van der Waals surface area contributed by atoms with Gasteiger partial charge in [-0.15, -0.1) is 0 Å². The molecule has 0 rings (SSSR count). The highest BCUT2D eigenvalue weighted by Crippen LogP contribution is 2.12. The van der Waals surface area contributed by atoms with E-state index in [0.717, 1.165) is 57.9 Å². The number of amides is 1. The van der Waals surface area contributed by atoms with Crippen molar-refractivity contribution in [1.29, 1.82) is 0 Å². The molecule has 0 aromatic heterocycles. The average Bonchev–Trinajstić information content (AvgIpc) is 2.48. The lowest BCUT2D eigenvalue weighted by Crippen LogP contribution is -2.41. The Hall–Kier alpha value is -1.10. The summed E-state index contributed by atoms with van der Waals surface area (Å²) in [6.45, 7) is 8.61. The van der Waals surface area contributed by atoms with Crippen LogP contribution in [0, 0.1) is 0 Å². The summed E-state index contributed by atoms with van der Waals surface area (Å²) in [7, 11) is 1.81. The van der Waals surface area contributed by atoms with E-state index in [4.69, 9.17) is 4.74 Å². The highest BCUT2D eigenvalue weighted by molar-refractivity contribution is 5.75. The van der Waals surface area contributed by atoms with Gasteiger partial charge in [0.25, 0.3) is 0 Å². The Morgan fingerprint density at radius 1 is 0.917 bits per heavy atom. The summed E-state index contributed by atoms with van der Waals surface area (Å²) in [5.41, 5.74) is 2.59. The van der Waals surface area contributed by atoms with Gasteiger partial charge in [0.05, 0.1) is 0 Å². The third-order valence-corrected chi connectivity index (χ3v) is 3.75. The van der Waals surface area contributed by atoms with Crippen molar-refractivity contribution in [2.75, 3.05) is 13.6 Å². The number of hydrogen-bond donors (Lipinski definition) is 1. The number of carbonyl (C=O) groups is 2. The summed E-state index contributed by atoms with van der Waals surface area (Å²) in [5, 5.41) is 1.73. The quantitative estimate of drug-likeness (QED) is 0.309. The lowest BCUT2D eigenvalue weighted by molar-refractivity contribution is -0.154. The minimum atomic E-state index is -0.395. The molecular weight excluding hydrogens is 304 g/mol. The van der Waals surface area contributed by atoms with Crippen LogP contribution in [0.15, 0.2) is 0 Å². The molecule has 0 spiro atoms. The van der Waals surface area contributed by atoms with Crippen molar-refractivity contribution < 1.29 is 14.3 Å². The third-order valence-electron chi connectivity index (χ3n) is 3.75. The van der Waals surface area contributed by atoms with Crippen molar-refractivity contribution in [2.45, 2.75) is 97.5 Å². The van der Waals surface area contributed by atoms with E-state index in [2.05, 4.69) is 12.3 Å². The molecule has 142 valence electrons. The predicted octanol–water partition coefficient (Wildman–Crippen LogP) is 4.21. The van der Waals surface area contributed by atoms with Gasteiger partial charge in [-0.3, -0.25) is 14.6 Å². The second kappa shape index (κ2) is 13.2. The first kappa shape index (κ1) is 22.9. The fourth-order valence-electron chi connectivity index (χ4n) is 2.48. The first-order valence-electron chi connectivity index (χ1n) is 9.49. The molecule has 0 unspecified atom stereocenters. The summed E-state index contributed by atoms with van der Waals surface area (Å²) < 4.78 is 5.28. The van der Waals surface area contributed by atoms with Crippen LogP contribution < -0.4 is 5.43 Å². The van der Waals surface area contributed by atoms with Crippen molar-refractivity contribution >= 4 is 11.9 Å². The zero-order valence-electron chi connectivity index (χ0n) is 16.5. The van der Waals surface area contributed by atoms with Crippen LogP contribution in [-0.2, 0) is 14.3 Å². The maximum Gasteiger partial charge on any atom is 0.306 e. The molecule has 1 N–H and O–H groups in total. The van der Waals surface area contributed by atoms with Crippen LogP contribution in [0.3, 0.4) is 0 Å². The topological polar surface area (TPSA) is 58.6 Å². The van der Waals surface area contributed by atoms with Crippen LogP contribution >= 0.6 is 0 Å². The maximum absolute atomic E-state index is 12.1. The summed E-state index contributed by atoms with van der Waals surface area (Å²) in [6.07, 6.45) is 9.34. The number of nitrogens with one attached hydrogen (secondary N) is 1. The number of esters is 1. The summed E-state index contributed by atoms with van der Waals surface area (Å²) in [5.74, 6) is 0.0665. The van der Waals surface area contributed by atoms with E-state index >= 15 is 0 Å². The Kier molecular flexibility index (Phi) is 12.6. The molecule has 0 aliphatic rings. The molecule has 0 bridgehead atoms. The van der Waals surface area contributed by atoms with Gasteiger partial charge >= 0.3 is 5.97 Å². The summed E-state index contributed by atoms with van der Waals surface area (Å²) in [6, 6.07) is 0. The highest BCUT2D eigenvalue weighted by Gasteiger charge is 2.15. The fourth-order valence-corrected chi connectivity index (χ4v) is 2.48. The van der Waals surface area contributed by atoms with Gasteiger partial charge < -0.3 is 4.74 Å². The van der Waals surface area contributed by atoms with Crippen LogP contribution in [0.4, 0.5) is 0 Å².